The number of esters is 1. The van der Waals surface area contributed by atoms with Crippen molar-refractivity contribution in [2.24, 2.45) is 0 Å². The molecule has 0 aromatic heterocycles. The molecule has 0 atom stereocenters. The van der Waals surface area contributed by atoms with E-state index in [4.69, 9.17) is 9.47 Å². The number of carbonyl (C=O) groups excluding carboxylic acids is 1. The van der Waals surface area contributed by atoms with E-state index < -0.39 is 0 Å². The lowest BCUT2D eigenvalue weighted by molar-refractivity contribution is -0.143. The zero-order valence-electron chi connectivity index (χ0n) is 12.4. The summed E-state index contributed by atoms with van der Waals surface area (Å²) < 4.78 is 10.7. The number of allylic oxidation sites excluding steroid dienone is 1. The highest BCUT2D eigenvalue weighted by molar-refractivity contribution is 5.69. The van der Waals surface area contributed by atoms with E-state index in [0.29, 0.717) is 19.6 Å². The average Bonchev–Trinajstić information content (AvgIpc) is 2.45. The number of hydrogen-bond donors (Lipinski definition) is 0. The fourth-order valence-corrected chi connectivity index (χ4v) is 1.89. The molecule has 110 valence electrons. The highest BCUT2D eigenvalue weighted by atomic mass is 16.5. The summed E-state index contributed by atoms with van der Waals surface area (Å²) in [6.45, 7) is 4.96. The smallest absolute Gasteiger partial charge is 0.305 e. The van der Waals surface area contributed by atoms with Crippen LogP contribution in [0.2, 0.25) is 0 Å². The van der Waals surface area contributed by atoms with E-state index in [1.54, 1.807) is 0 Å². The van der Waals surface area contributed by atoms with E-state index in [-0.39, 0.29) is 5.97 Å². The van der Waals surface area contributed by atoms with Gasteiger partial charge in [0.1, 0.15) is 5.75 Å². The Morgan fingerprint density at radius 1 is 1.20 bits per heavy atom. The third-order valence-corrected chi connectivity index (χ3v) is 2.85. The molecule has 3 heteroatoms. The van der Waals surface area contributed by atoms with E-state index in [1.807, 2.05) is 50.3 Å². The maximum absolute atomic E-state index is 11.2. The zero-order chi connectivity index (χ0) is 14.6. The van der Waals surface area contributed by atoms with Gasteiger partial charge in [0.25, 0.3) is 0 Å². The molecule has 0 amide bonds. The van der Waals surface area contributed by atoms with Crippen LogP contribution in [-0.4, -0.2) is 19.2 Å². The first kappa shape index (κ1) is 16.3. The highest BCUT2D eigenvalue weighted by Crippen LogP contribution is 2.19. The van der Waals surface area contributed by atoms with Crippen LogP contribution in [0.3, 0.4) is 0 Å². The predicted octanol–water partition coefficient (Wildman–Crippen LogP) is 4.22. The largest absolute Gasteiger partial charge is 0.493 e. The molecule has 0 fully saturated rings. The molecule has 20 heavy (non-hydrogen) atoms. The van der Waals surface area contributed by atoms with Gasteiger partial charge in [-0.2, -0.15) is 0 Å². The van der Waals surface area contributed by atoms with E-state index in [0.717, 1.165) is 30.6 Å². The Balaban J connectivity index is 2.20. The van der Waals surface area contributed by atoms with Crippen LogP contribution in [-0.2, 0) is 9.53 Å². The van der Waals surface area contributed by atoms with Crippen molar-refractivity contribution in [1.29, 1.82) is 0 Å². The summed E-state index contributed by atoms with van der Waals surface area (Å²) in [6.07, 6.45) is 7.33. The van der Waals surface area contributed by atoms with Crippen LogP contribution in [0.25, 0.3) is 6.08 Å². The molecule has 0 spiro atoms. The standard InChI is InChI=1S/C17H24O3/c1-3-10-15-11-7-8-12-16(15)20-14-9-5-6-13-17(18)19-4-2/h3,7-8,10-12H,4-6,9,13-14H2,1-2H3. The second kappa shape index (κ2) is 10.1. The minimum absolute atomic E-state index is 0.105. The highest BCUT2D eigenvalue weighted by Gasteiger charge is 2.02. The molecule has 3 nitrogen and oxygen atoms in total. The first-order valence-electron chi connectivity index (χ1n) is 7.28. The van der Waals surface area contributed by atoms with Crippen LogP contribution in [0.15, 0.2) is 30.3 Å². The first-order valence-corrected chi connectivity index (χ1v) is 7.28. The molecule has 0 N–H and O–H groups in total. The van der Waals surface area contributed by atoms with Gasteiger partial charge >= 0.3 is 5.97 Å². The second-order valence-corrected chi connectivity index (χ2v) is 4.50. The summed E-state index contributed by atoms with van der Waals surface area (Å²) in [6, 6.07) is 7.99. The van der Waals surface area contributed by atoms with Crippen LogP contribution in [0.4, 0.5) is 0 Å². The quantitative estimate of drug-likeness (QED) is 0.500. The normalized spacial score (nSPS) is 10.7. The minimum atomic E-state index is -0.105. The fourth-order valence-electron chi connectivity index (χ4n) is 1.89. The number of hydrogen-bond acceptors (Lipinski definition) is 3. The summed E-state index contributed by atoms with van der Waals surface area (Å²) in [5.74, 6) is 0.808. The molecular weight excluding hydrogens is 252 g/mol. The Kier molecular flexibility index (Phi) is 8.20. The van der Waals surface area contributed by atoms with Gasteiger partial charge < -0.3 is 9.47 Å². The number of carbonyl (C=O) groups is 1. The monoisotopic (exact) mass is 276 g/mol. The van der Waals surface area contributed by atoms with Crippen LogP contribution in [0.5, 0.6) is 5.75 Å². The van der Waals surface area contributed by atoms with E-state index in [2.05, 4.69) is 0 Å². The minimum Gasteiger partial charge on any atom is -0.493 e. The molecule has 0 saturated heterocycles. The Bertz CT molecular complexity index is 424. The molecule has 0 aliphatic heterocycles. The van der Waals surface area contributed by atoms with E-state index in [9.17, 15) is 4.79 Å². The van der Waals surface area contributed by atoms with Gasteiger partial charge in [-0.3, -0.25) is 4.79 Å². The van der Waals surface area contributed by atoms with Crippen molar-refractivity contribution in [3.8, 4) is 5.75 Å². The van der Waals surface area contributed by atoms with Crippen molar-refractivity contribution in [2.45, 2.75) is 39.5 Å². The van der Waals surface area contributed by atoms with Crippen molar-refractivity contribution in [2.75, 3.05) is 13.2 Å². The Hall–Kier alpha value is -1.77. The van der Waals surface area contributed by atoms with Crippen molar-refractivity contribution < 1.29 is 14.3 Å². The van der Waals surface area contributed by atoms with Crippen LogP contribution in [0.1, 0.15) is 45.1 Å². The lowest BCUT2D eigenvalue weighted by Crippen LogP contribution is -2.04. The van der Waals surface area contributed by atoms with Gasteiger partial charge in [0.15, 0.2) is 0 Å². The van der Waals surface area contributed by atoms with Gasteiger partial charge in [0, 0.05) is 12.0 Å². The van der Waals surface area contributed by atoms with Gasteiger partial charge in [-0.15, -0.1) is 0 Å². The van der Waals surface area contributed by atoms with Crippen molar-refractivity contribution in [3.05, 3.63) is 35.9 Å². The fraction of sp³-hybridized carbons (Fsp3) is 0.471. The SMILES string of the molecule is CC=Cc1ccccc1OCCCCCC(=O)OCC. The molecule has 0 unspecified atom stereocenters. The molecule has 1 aromatic carbocycles. The van der Waals surface area contributed by atoms with Gasteiger partial charge in [-0.25, -0.2) is 0 Å². The zero-order valence-corrected chi connectivity index (χ0v) is 12.4. The molecular formula is C17H24O3. The van der Waals surface area contributed by atoms with Gasteiger partial charge in [-0.1, -0.05) is 30.4 Å². The average molecular weight is 276 g/mol. The Morgan fingerprint density at radius 2 is 2.00 bits per heavy atom. The number of unbranched alkanes of at least 4 members (excludes halogenated alkanes) is 2. The van der Waals surface area contributed by atoms with Gasteiger partial charge in [0.2, 0.25) is 0 Å². The second-order valence-electron chi connectivity index (χ2n) is 4.50. The maximum atomic E-state index is 11.2. The Morgan fingerprint density at radius 3 is 2.75 bits per heavy atom. The van der Waals surface area contributed by atoms with Gasteiger partial charge in [0.05, 0.1) is 13.2 Å². The summed E-state index contributed by atoms with van der Waals surface area (Å²) in [4.78, 5) is 11.2. The lowest BCUT2D eigenvalue weighted by atomic mass is 10.2. The third kappa shape index (κ3) is 6.41. The number of para-hydroxylation sites is 1. The van der Waals surface area contributed by atoms with Crippen LogP contribution >= 0.6 is 0 Å². The molecule has 0 bridgehead atoms. The molecule has 0 heterocycles. The number of benzene rings is 1. The molecule has 1 aromatic rings. The van der Waals surface area contributed by atoms with E-state index in [1.165, 1.54) is 0 Å². The third-order valence-electron chi connectivity index (χ3n) is 2.85. The van der Waals surface area contributed by atoms with E-state index >= 15 is 0 Å². The predicted molar refractivity (Wildman–Crippen MR) is 81.7 cm³/mol. The summed E-state index contributed by atoms with van der Waals surface area (Å²) in [5.41, 5.74) is 1.10. The molecule has 1 rings (SSSR count). The molecule has 0 aliphatic carbocycles. The maximum Gasteiger partial charge on any atom is 0.305 e. The summed E-state index contributed by atoms with van der Waals surface area (Å²) in [7, 11) is 0. The summed E-state index contributed by atoms with van der Waals surface area (Å²) in [5, 5.41) is 0. The molecule has 0 aliphatic rings. The van der Waals surface area contributed by atoms with Crippen LogP contribution in [0, 0.1) is 0 Å². The van der Waals surface area contributed by atoms with Crippen molar-refractivity contribution >= 4 is 12.0 Å². The van der Waals surface area contributed by atoms with Gasteiger partial charge in [-0.05, 0) is 39.2 Å². The van der Waals surface area contributed by atoms with Crippen LogP contribution < -0.4 is 4.74 Å². The lowest BCUT2D eigenvalue weighted by Gasteiger charge is -2.09. The molecule has 0 saturated carbocycles. The topological polar surface area (TPSA) is 35.5 Å². The molecule has 0 radical (unpaired) electrons. The van der Waals surface area contributed by atoms with Crippen molar-refractivity contribution in [1.82, 2.24) is 0 Å². The van der Waals surface area contributed by atoms with Crippen molar-refractivity contribution in [3.63, 3.8) is 0 Å². The number of rotatable bonds is 9. The Labute approximate surface area is 121 Å². The first-order chi connectivity index (χ1) is 9.77. The number of ether oxygens (including phenoxy) is 2. The summed E-state index contributed by atoms with van der Waals surface area (Å²) >= 11 is 0.